The minimum absolute atomic E-state index is 0.275. The van der Waals surface area contributed by atoms with Crippen molar-refractivity contribution in [1.29, 1.82) is 0 Å². The van der Waals surface area contributed by atoms with Crippen LogP contribution in [0.2, 0.25) is 0 Å². The zero-order chi connectivity index (χ0) is 13.5. The van der Waals surface area contributed by atoms with E-state index in [9.17, 15) is 9.90 Å². The number of benzene rings is 1. The predicted octanol–water partition coefficient (Wildman–Crippen LogP) is 2.57. The van der Waals surface area contributed by atoms with Crippen molar-refractivity contribution in [2.75, 3.05) is 0 Å². The number of fused-ring (bicyclic) bond motifs is 1. The van der Waals surface area contributed by atoms with Crippen LogP contribution in [0.25, 0.3) is 10.9 Å². The SMILES string of the molecule is Cc1nc2ccccc2c(=O)n1C(O)C(Cl)(Cl)Cl. The van der Waals surface area contributed by atoms with Crippen molar-refractivity contribution in [2.45, 2.75) is 16.9 Å². The summed E-state index contributed by atoms with van der Waals surface area (Å²) in [6.45, 7) is 1.56. The van der Waals surface area contributed by atoms with E-state index in [2.05, 4.69) is 4.98 Å². The molecule has 1 atom stereocenters. The first-order valence-corrected chi connectivity index (χ1v) is 6.18. The molecule has 0 radical (unpaired) electrons. The van der Waals surface area contributed by atoms with Gasteiger partial charge in [-0.15, -0.1) is 0 Å². The summed E-state index contributed by atoms with van der Waals surface area (Å²) < 4.78 is -1.03. The Hall–Kier alpha value is -0.810. The molecule has 1 N–H and O–H groups in total. The van der Waals surface area contributed by atoms with Crippen LogP contribution in [-0.4, -0.2) is 18.5 Å². The van der Waals surface area contributed by atoms with Gasteiger partial charge in [-0.05, 0) is 19.1 Å². The molecular weight excluding hydrogens is 298 g/mol. The number of aryl methyl sites for hydroxylation is 1. The molecule has 1 unspecified atom stereocenters. The molecule has 96 valence electrons. The van der Waals surface area contributed by atoms with Gasteiger partial charge < -0.3 is 5.11 Å². The first kappa shape index (κ1) is 13.6. The van der Waals surface area contributed by atoms with E-state index in [1.54, 1.807) is 31.2 Å². The smallest absolute Gasteiger partial charge is 0.263 e. The third kappa shape index (κ3) is 2.34. The van der Waals surface area contributed by atoms with Gasteiger partial charge in [-0.3, -0.25) is 9.36 Å². The molecule has 1 aromatic heterocycles. The molecule has 0 aliphatic heterocycles. The molecule has 0 aliphatic rings. The fraction of sp³-hybridized carbons (Fsp3) is 0.273. The summed E-state index contributed by atoms with van der Waals surface area (Å²) in [5, 5.41) is 10.3. The van der Waals surface area contributed by atoms with Crippen LogP contribution in [0.15, 0.2) is 29.1 Å². The van der Waals surface area contributed by atoms with Crippen molar-refractivity contribution in [1.82, 2.24) is 9.55 Å². The van der Waals surface area contributed by atoms with Crippen LogP contribution >= 0.6 is 34.8 Å². The molecule has 0 saturated heterocycles. The number of hydrogen-bond donors (Lipinski definition) is 1. The lowest BCUT2D eigenvalue weighted by Crippen LogP contribution is -2.34. The molecule has 0 aliphatic carbocycles. The minimum atomic E-state index is -2.00. The molecule has 0 amide bonds. The molecule has 2 rings (SSSR count). The van der Waals surface area contributed by atoms with E-state index in [-0.39, 0.29) is 5.82 Å². The lowest BCUT2D eigenvalue weighted by molar-refractivity contribution is 0.101. The van der Waals surface area contributed by atoms with Gasteiger partial charge in [0.2, 0.25) is 3.79 Å². The molecule has 1 aromatic carbocycles. The Morgan fingerprint density at radius 2 is 1.94 bits per heavy atom. The van der Waals surface area contributed by atoms with Gasteiger partial charge in [-0.2, -0.15) is 0 Å². The van der Waals surface area contributed by atoms with Gasteiger partial charge in [0.1, 0.15) is 5.82 Å². The first-order chi connectivity index (χ1) is 8.32. The molecule has 18 heavy (non-hydrogen) atoms. The van der Waals surface area contributed by atoms with Crippen molar-refractivity contribution >= 4 is 45.7 Å². The molecule has 0 bridgehead atoms. The van der Waals surface area contributed by atoms with Crippen molar-refractivity contribution in [3.63, 3.8) is 0 Å². The highest BCUT2D eigenvalue weighted by molar-refractivity contribution is 6.67. The Morgan fingerprint density at radius 1 is 1.33 bits per heavy atom. The summed E-state index contributed by atoms with van der Waals surface area (Å²) in [7, 11) is 0. The Balaban J connectivity index is 2.76. The van der Waals surface area contributed by atoms with Crippen molar-refractivity contribution in [3.8, 4) is 0 Å². The lowest BCUT2D eigenvalue weighted by Gasteiger charge is -2.22. The number of hydrogen-bond acceptors (Lipinski definition) is 3. The monoisotopic (exact) mass is 306 g/mol. The van der Waals surface area contributed by atoms with E-state index >= 15 is 0 Å². The average molecular weight is 308 g/mol. The summed E-state index contributed by atoms with van der Waals surface area (Å²) in [4.78, 5) is 16.4. The molecular formula is C11H9Cl3N2O2. The maximum Gasteiger partial charge on any atom is 0.263 e. The molecule has 0 spiro atoms. The van der Waals surface area contributed by atoms with Crippen LogP contribution in [0.4, 0.5) is 0 Å². The number of rotatable bonds is 1. The second kappa shape index (κ2) is 4.70. The van der Waals surface area contributed by atoms with E-state index in [1.807, 2.05) is 0 Å². The second-order valence-electron chi connectivity index (χ2n) is 3.77. The fourth-order valence-corrected chi connectivity index (χ4v) is 1.98. The number of nitrogens with zero attached hydrogens (tertiary/aromatic N) is 2. The first-order valence-electron chi connectivity index (χ1n) is 5.05. The van der Waals surface area contributed by atoms with Crippen LogP contribution in [0, 0.1) is 6.92 Å². The van der Waals surface area contributed by atoms with Crippen LogP contribution in [0.3, 0.4) is 0 Å². The number of aromatic nitrogens is 2. The highest BCUT2D eigenvalue weighted by atomic mass is 35.6. The van der Waals surface area contributed by atoms with Gasteiger partial charge in [-0.25, -0.2) is 4.98 Å². The van der Waals surface area contributed by atoms with E-state index in [0.717, 1.165) is 4.57 Å². The fourth-order valence-electron chi connectivity index (χ4n) is 1.69. The summed E-state index contributed by atoms with van der Waals surface area (Å²) in [6.07, 6.45) is -1.59. The van der Waals surface area contributed by atoms with E-state index in [0.29, 0.717) is 10.9 Å². The van der Waals surface area contributed by atoms with Crippen LogP contribution in [0.5, 0.6) is 0 Å². The lowest BCUT2D eigenvalue weighted by atomic mass is 10.2. The molecule has 0 fully saturated rings. The van der Waals surface area contributed by atoms with Crippen molar-refractivity contribution in [2.24, 2.45) is 0 Å². The molecule has 0 saturated carbocycles. The number of aliphatic hydroxyl groups is 1. The summed E-state index contributed by atoms with van der Waals surface area (Å²) in [5.41, 5.74) is 0.0877. The Kier molecular flexibility index (Phi) is 3.56. The predicted molar refractivity (Wildman–Crippen MR) is 72.3 cm³/mol. The van der Waals surface area contributed by atoms with Gasteiger partial charge >= 0.3 is 0 Å². The molecule has 7 heteroatoms. The van der Waals surface area contributed by atoms with Crippen molar-refractivity contribution < 1.29 is 5.11 Å². The quantitative estimate of drug-likeness (QED) is 0.824. The molecule has 1 heterocycles. The van der Waals surface area contributed by atoms with Gasteiger partial charge in [0.15, 0.2) is 6.23 Å². The van der Waals surface area contributed by atoms with E-state index < -0.39 is 15.6 Å². The zero-order valence-electron chi connectivity index (χ0n) is 9.27. The second-order valence-corrected chi connectivity index (χ2v) is 6.14. The van der Waals surface area contributed by atoms with Gasteiger partial charge in [0.05, 0.1) is 10.9 Å². The van der Waals surface area contributed by atoms with Gasteiger partial charge in [0, 0.05) is 0 Å². The highest BCUT2D eigenvalue weighted by Crippen LogP contribution is 2.36. The van der Waals surface area contributed by atoms with Crippen LogP contribution < -0.4 is 5.56 Å². The number of alkyl halides is 3. The number of para-hydroxylation sites is 1. The maximum absolute atomic E-state index is 12.2. The van der Waals surface area contributed by atoms with Crippen LogP contribution in [-0.2, 0) is 0 Å². The number of aliphatic hydroxyl groups excluding tert-OH is 1. The Morgan fingerprint density at radius 3 is 2.56 bits per heavy atom. The maximum atomic E-state index is 12.2. The summed E-state index contributed by atoms with van der Waals surface area (Å²) in [5.74, 6) is 0.275. The molecule has 4 nitrogen and oxygen atoms in total. The van der Waals surface area contributed by atoms with Gasteiger partial charge in [0.25, 0.3) is 5.56 Å². The largest absolute Gasteiger partial charge is 0.369 e. The van der Waals surface area contributed by atoms with Crippen LogP contribution in [0.1, 0.15) is 12.1 Å². The third-order valence-corrected chi connectivity index (χ3v) is 3.11. The minimum Gasteiger partial charge on any atom is -0.369 e. The zero-order valence-corrected chi connectivity index (χ0v) is 11.5. The number of halogens is 3. The Bertz CT molecular complexity index is 649. The average Bonchev–Trinajstić information content (AvgIpc) is 2.27. The highest BCUT2D eigenvalue weighted by Gasteiger charge is 2.34. The summed E-state index contributed by atoms with van der Waals surface area (Å²) in [6, 6.07) is 6.78. The topological polar surface area (TPSA) is 55.1 Å². The van der Waals surface area contributed by atoms with Crippen molar-refractivity contribution in [3.05, 3.63) is 40.4 Å². The standard InChI is InChI=1S/C11H9Cl3N2O2/c1-6-15-8-5-3-2-4-7(8)9(17)16(6)10(18)11(12,13)14/h2-5,10,18H,1H3. The molecule has 2 aromatic rings. The third-order valence-electron chi connectivity index (χ3n) is 2.52. The normalized spacial score (nSPS) is 13.8. The summed E-state index contributed by atoms with van der Waals surface area (Å²) >= 11 is 16.8. The van der Waals surface area contributed by atoms with E-state index in [4.69, 9.17) is 34.8 Å². The van der Waals surface area contributed by atoms with Gasteiger partial charge in [-0.1, -0.05) is 46.9 Å². The van der Waals surface area contributed by atoms with E-state index in [1.165, 1.54) is 0 Å². The Labute approximate surface area is 118 Å².